The Morgan fingerprint density at radius 2 is 1.76 bits per heavy atom. The number of hydrogen-bond donors (Lipinski definition) is 1. The molecule has 4 heterocycles. The quantitative estimate of drug-likeness (QED) is 0.531. The summed E-state index contributed by atoms with van der Waals surface area (Å²) in [6, 6.07) is 4.24. The molecular formula is C27H41N5OS. The number of rotatable bonds is 8. The molecule has 34 heavy (non-hydrogen) atoms. The van der Waals surface area contributed by atoms with Gasteiger partial charge >= 0.3 is 0 Å². The first-order valence-electron chi connectivity index (χ1n) is 13.4. The average molecular weight is 484 g/mol. The van der Waals surface area contributed by atoms with Crippen molar-refractivity contribution >= 4 is 17.2 Å². The zero-order valence-electron chi connectivity index (χ0n) is 21.5. The SMILES string of the molecule is Cc1cc([C@H](CCN2C3CC2CC(n2c(C)nnc2C(C)C)C3)NC(=O)C2CCCC2)sc1C. The number of carbonyl (C=O) groups excluding carboxylic acids is 1. The monoisotopic (exact) mass is 483 g/mol. The third-order valence-corrected chi connectivity index (χ3v) is 9.86. The van der Waals surface area contributed by atoms with E-state index in [1.807, 2.05) is 11.3 Å². The van der Waals surface area contributed by atoms with Gasteiger partial charge in [0.15, 0.2) is 0 Å². The number of carbonyl (C=O) groups is 1. The molecule has 1 amide bonds. The Balaban J connectivity index is 1.24. The lowest BCUT2D eigenvalue weighted by Gasteiger charge is -2.56. The molecule has 2 unspecified atom stereocenters. The summed E-state index contributed by atoms with van der Waals surface area (Å²) in [6.45, 7) is 12.0. The van der Waals surface area contributed by atoms with Crippen LogP contribution in [-0.4, -0.2) is 44.2 Å². The van der Waals surface area contributed by atoms with Crippen molar-refractivity contribution in [2.75, 3.05) is 6.54 Å². The molecule has 2 bridgehead atoms. The first-order chi connectivity index (χ1) is 16.3. The van der Waals surface area contributed by atoms with Crippen LogP contribution in [0.1, 0.15) is 110 Å². The number of nitrogens with one attached hydrogen (secondary N) is 1. The van der Waals surface area contributed by atoms with Crippen molar-refractivity contribution < 1.29 is 4.79 Å². The highest BCUT2D eigenvalue weighted by atomic mass is 32.1. The molecule has 2 aromatic rings. The molecule has 1 N–H and O–H groups in total. The van der Waals surface area contributed by atoms with Crippen LogP contribution in [0.2, 0.25) is 0 Å². The fraction of sp³-hybridized carbons (Fsp3) is 0.741. The van der Waals surface area contributed by atoms with Crippen molar-refractivity contribution in [2.45, 2.75) is 116 Å². The number of piperidine rings is 1. The van der Waals surface area contributed by atoms with E-state index in [0.29, 0.717) is 24.0 Å². The van der Waals surface area contributed by atoms with E-state index in [-0.39, 0.29) is 17.9 Å². The first-order valence-corrected chi connectivity index (χ1v) is 14.2. The lowest BCUT2D eigenvalue weighted by Crippen LogP contribution is -2.61. The van der Waals surface area contributed by atoms with Gasteiger partial charge in [-0.25, -0.2) is 0 Å². The minimum absolute atomic E-state index is 0.135. The maximum Gasteiger partial charge on any atom is 0.223 e. The minimum atomic E-state index is 0.135. The van der Waals surface area contributed by atoms with Gasteiger partial charge in [-0.15, -0.1) is 21.5 Å². The largest absolute Gasteiger partial charge is 0.348 e. The van der Waals surface area contributed by atoms with E-state index >= 15 is 0 Å². The molecule has 2 saturated carbocycles. The van der Waals surface area contributed by atoms with Crippen LogP contribution >= 0.6 is 11.3 Å². The molecule has 0 aromatic carbocycles. The highest BCUT2D eigenvalue weighted by Crippen LogP contribution is 2.45. The first kappa shape index (κ1) is 24.0. The maximum absolute atomic E-state index is 13.0. The van der Waals surface area contributed by atoms with Gasteiger partial charge in [0.25, 0.3) is 0 Å². The standard InChI is InChI=1S/C27H41N5OS/c1-16(2)26-30-29-19(5)32(26)23-14-21-13-22(15-23)31(21)11-10-24(25-12-17(3)18(4)34-25)28-27(33)20-8-6-7-9-20/h12,16,20-24H,6-11,13-15H2,1-5H3,(H,28,33)/t21?,22?,23?,24-/m0/s1. The van der Waals surface area contributed by atoms with Crippen LogP contribution < -0.4 is 5.32 Å². The molecule has 0 radical (unpaired) electrons. The summed E-state index contributed by atoms with van der Waals surface area (Å²) in [4.78, 5) is 18.4. The molecule has 6 rings (SSSR count). The molecule has 2 aliphatic carbocycles. The van der Waals surface area contributed by atoms with Crippen LogP contribution in [0.25, 0.3) is 0 Å². The Kier molecular flexibility index (Phi) is 6.86. The Morgan fingerprint density at radius 3 is 2.38 bits per heavy atom. The van der Waals surface area contributed by atoms with E-state index in [1.54, 1.807) is 0 Å². The number of hydrogen-bond acceptors (Lipinski definition) is 5. The highest BCUT2D eigenvalue weighted by Gasteiger charge is 2.46. The van der Waals surface area contributed by atoms with E-state index in [1.165, 1.54) is 47.4 Å². The van der Waals surface area contributed by atoms with Gasteiger partial charge < -0.3 is 9.88 Å². The second kappa shape index (κ2) is 9.73. The van der Waals surface area contributed by atoms with Crippen molar-refractivity contribution in [1.82, 2.24) is 25.0 Å². The van der Waals surface area contributed by atoms with Crippen molar-refractivity contribution in [2.24, 2.45) is 5.92 Å². The molecule has 7 heteroatoms. The minimum Gasteiger partial charge on any atom is -0.348 e. The van der Waals surface area contributed by atoms with Gasteiger partial charge in [0.2, 0.25) is 5.91 Å². The summed E-state index contributed by atoms with van der Waals surface area (Å²) in [5, 5.41) is 12.3. The lowest BCUT2D eigenvalue weighted by molar-refractivity contribution is -0.125. The molecule has 4 aliphatic rings. The highest BCUT2D eigenvalue weighted by molar-refractivity contribution is 7.12. The van der Waals surface area contributed by atoms with Gasteiger partial charge in [-0.3, -0.25) is 9.69 Å². The topological polar surface area (TPSA) is 63.1 Å². The number of amides is 1. The van der Waals surface area contributed by atoms with Crippen molar-refractivity contribution in [3.8, 4) is 0 Å². The van der Waals surface area contributed by atoms with Gasteiger partial charge in [0.1, 0.15) is 11.6 Å². The predicted octanol–water partition coefficient (Wildman–Crippen LogP) is 5.60. The van der Waals surface area contributed by atoms with Crippen LogP contribution in [0, 0.1) is 26.7 Å². The van der Waals surface area contributed by atoms with E-state index in [9.17, 15) is 4.79 Å². The summed E-state index contributed by atoms with van der Waals surface area (Å²) in [7, 11) is 0. The van der Waals surface area contributed by atoms with Crippen molar-refractivity contribution in [1.29, 1.82) is 0 Å². The van der Waals surface area contributed by atoms with E-state index in [0.717, 1.165) is 37.5 Å². The molecular weight excluding hydrogens is 442 g/mol. The molecule has 0 spiro atoms. The average Bonchev–Trinajstić information content (AvgIpc) is 3.54. The van der Waals surface area contributed by atoms with Gasteiger partial charge in [0.05, 0.1) is 6.04 Å². The number of fused-ring (bicyclic) bond motifs is 2. The van der Waals surface area contributed by atoms with Gasteiger partial charge in [-0.1, -0.05) is 26.7 Å². The molecule has 2 aliphatic heterocycles. The molecule has 4 fully saturated rings. The predicted molar refractivity (Wildman–Crippen MR) is 137 cm³/mol. The van der Waals surface area contributed by atoms with Gasteiger partial charge in [-0.05, 0) is 70.9 Å². The molecule has 3 atom stereocenters. The van der Waals surface area contributed by atoms with Crippen LogP contribution in [0.5, 0.6) is 0 Å². The Labute approximate surface area is 208 Å². The summed E-state index contributed by atoms with van der Waals surface area (Å²) in [6.07, 6.45) is 9.19. The molecule has 6 nitrogen and oxygen atoms in total. The molecule has 2 aromatic heterocycles. The lowest BCUT2D eigenvalue weighted by atomic mass is 9.76. The Bertz CT molecular complexity index is 989. The summed E-state index contributed by atoms with van der Waals surface area (Å²) < 4.78 is 2.42. The fourth-order valence-corrected chi connectivity index (χ4v) is 7.68. The summed E-state index contributed by atoms with van der Waals surface area (Å²) in [5.74, 6) is 3.08. The number of aryl methyl sites for hydroxylation is 3. The fourth-order valence-electron chi connectivity index (χ4n) is 6.55. The Hall–Kier alpha value is -1.73. The van der Waals surface area contributed by atoms with Crippen LogP contribution in [-0.2, 0) is 4.79 Å². The molecule has 2 saturated heterocycles. The van der Waals surface area contributed by atoms with Gasteiger partial charge in [-0.2, -0.15) is 0 Å². The smallest absolute Gasteiger partial charge is 0.223 e. The van der Waals surface area contributed by atoms with Crippen molar-refractivity contribution in [3.05, 3.63) is 33.0 Å². The van der Waals surface area contributed by atoms with Crippen LogP contribution in [0.15, 0.2) is 6.07 Å². The molecule has 186 valence electrons. The number of aromatic nitrogens is 3. The number of thiophene rings is 1. The second-order valence-electron chi connectivity index (χ2n) is 11.3. The van der Waals surface area contributed by atoms with Crippen molar-refractivity contribution in [3.63, 3.8) is 0 Å². The third-order valence-electron chi connectivity index (χ3n) is 8.59. The number of nitrogens with zero attached hydrogens (tertiary/aromatic N) is 4. The normalized spacial score (nSPS) is 26.1. The maximum atomic E-state index is 13.0. The summed E-state index contributed by atoms with van der Waals surface area (Å²) >= 11 is 1.86. The third kappa shape index (κ3) is 4.58. The summed E-state index contributed by atoms with van der Waals surface area (Å²) in [5.41, 5.74) is 1.34. The van der Waals surface area contributed by atoms with E-state index in [2.05, 4.69) is 65.7 Å². The van der Waals surface area contributed by atoms with Gasteiger partial charge in [0, 0.05) is 46.3 Å². The zero-order chi connectivity index (χ0) is 24.0. The second-order valence-corrected chi connectivity index (χ2v) is 12.5. The van der Waals surface area contributed by atoms with Crippen LogP contribution in [0.3, 0.4) is 0 Å². The zero-order valence-corrected chi connectivity index (χ0v) is 22.3. The van der Waals surface area contributed by atoms with E-state index < -0.39 is 0 Å². The van der Waals surface area contributed by atoms with Crippen LogP contribution in [0.4, 0.5) is 0 Å². The van der Waals surface area contributed by atoms with E-state index in [4.69, 9.17) is 0 Å². The Morgan fingerprint density at radius 1 is 1.09 bits per heavy atom.